The largest absolute Gasteiger partial charge is 0.497 e. The van der Waals surface area contributed by atoms with Gasteiger partial charge in [-0.3, -0.25) is 13.9 Å². The number of aryl methyl sites for hydroxylation is 1. The summed E-state index contributed by atoms with van der Waals surface area (Å²) in [4.78, 5) is 29.5. The number of hydrogen-bond acceptors (Lipinski definition) is 5. The molecule has 8 nitrogen and oxygen atoms in total. The second-order valence-electron chi connectivity index (χ2n) is 10.8. The molecule has 2 amide bonds. The minimum absolute atomic E-state index is 0.0796. The van der Waals surface area contributed by atoms with Gasteiger partial charge in [-0.25, -0.2) is 8.42 Å². The lowest BCUT2D eigenvalue weighted by atomic mass is 9.95. The molecule has 1 fully saturated rings. The van der Waals surface area contributed by atoms with Crippen molar-refractivity contribution in [2.75, 3.05) is 18.0 Å². The summed E-state index contributed by atoms with van der Waals surface area (Å²) >= 11 is 0. The van der Waals surface area contributed by atoms with Crippen molar-refractivity contribution in [3.8, 4) is 5.75 Å². The predicted octanol–water partition coefficient (Wildman–Crippen LogP) is 5.46. The summed E-state index contributed by atoms with van der Waals surface area (Å²) in [5, 5.41) is 3.17. The van der Waals surface area contributed by atoms with Crippen LogP contribution in [-0.2, 0) is 26.2 Å². The summed E-state index contributed by atoms with van der Waals surface area (Å²) in [5.74, 6) is -0.0481. The van der Waals surface area contributed by atoms with Crippen LogP contribution in [0.15, 0.2) is 83.8 Å². The molecule has 42 heavy (non-hydrogen) atoms. The Kier molecular flexibility index (Phi) is 10.6. The van der Waals surface area contributed by atoms with Crippen LogP contribution in [0.4, 0.5) is 5.69 Å². The van der Waals surface area contributed by atoms with Gasteiger partial charge in [0.25, 0.3) is 10.0 Å². The van der Waals surface area contributed by atoms with E-state index in [0.29, 0.717) is 23.4 Å². The van der Waals surface area contributed by atoms with Gasteiger partial charge in [-0.2, -0.15) is 0 Å². The predicted molar refractivity (Wildman–Crippen MR) is 165 cm³/mol. The zero-order chi connectivity index (χ0) is 30.1. The number of hydrogen-bond donors (Lipinski definition) is 1. The Labute approximate surface area is 249 Å². The van der Waals surface area contributed by atoms with E-state index < -0.39 is 28.5 Å². The van der Waals surface area contributed by atoms with Gasteiger partial charge in [0.05, 0.1) is 17.7 Å². The Morgan fingerprint density at radius 2 is 1.64 bits per heavy atom. The minimum Gasteiger partial charge on any atom is -0.497 e. The average Bonchev–Trinajstić information content (AvgIpc) is 3.01. The third kappa shape index (κ3) is 7.50. The summed E-state index contributed by atoms with van der Waals surface area (Å²) in [5.41, 5.74) is 1.90. The maximum Gasteiger partial charge on any atom is 0.264 e. The molecule has 4 rings (SSSR count). The zero-order valence-corrected chi connectivity index (χ0v) is 25.5. The van der Waals surface area contributed by atoms with Crippen molar-refractivity contribution in [1.82, 2.24) is 10.2 Å². The first-order chi connectivity index (χ1) is 20.2. The van der Waals surface area contributed by atoms with Gasteiger partial charge in [0, 0.05) is 12.6 Å². The zero-order valence-electron chi connectivity index (χ0n) is 24.7. The molecule has 1 atom stereocenters. The molecule has 0 heterocycles. The van der Waals surface area contributed by atoms with E-state index in [1.54, 1.807) is 37.4 Å². The van der Waals surface area contributed by atoms with Gasteiger partial charge in [-0.1, -0.05) is 74.7 Å². The number of para-hydroxylation sites is 1. The van der Waals surface area contributed by atoms with Crippen molar-refractivity contribution < 1.29 is 22.7 Å². The fraction of sp³-hybridized carbons (Fsp3) is 0.394. The van der Waals surface area contributed by atoms with Gasteiger partial charge in [0.15, 0.2) is 0 Å². The highest BCUT2D eigenvalue weighted by molar-refractivity contribution is 7.92. The van der Waals surface area contributed by atoms with Crippen LogP contribution in [0.2, 0.25) is 0 Å². The number of methoxy groups -OCH3 is 1. The van der Waals surface area contributed by atoms with E-state index in [2.05, 4.69) is 5.32 Å². The van der Waals surface area contributed by atoms with E-state index in [0.717, 1.165) is 42.0 Å². The van der Waals surface area contributed by atoms with Crippen molar-refractivity contribution in [3.05, 3.63) is 90.0 Å². The summed E-state index contributed by atoms with van der Waals surface area (Å²) in [6.07, 6.45) is 5.51. The molecular formula is C33H41N3O5S. The van der Waals surface area contributed by atoms with E-state index in [-0.39, 0.29) is 23.4 Å². The number of ether oxygens (including phenoxy) is 1. The standard InChI is InChI=1S/C33H41N3O5S/c1-4-30(33(38)34-27-16-7-5-8-17-27)35(23-26-15-13-18-28(22-26)41-3)32(37)24-36(31-21-12-11-14-25(31)2)42(39,40)29-19-9-6-10-20-29/h6,9-15,18-22,27,30H,4-5,7-8,16-17,23-24H2,1-3H3,(H,34,38). The SMILES string of the molecule is CCC(C(=O)NC1CCCCC1)N(Cc1cccc(OC)c1)C(=O)CN(c1ccccc1C)S(=O)(=O)c1ccccc1. The topological polar surface area (TPSA) is 96.0 Å². The molecule has 0 bridgehead atoms. The van der Waals surface area contributed by atoms with Gasteiger partial charge in [-0.15, -0.1) is 0 Å². The van der Waals surface area contributed by atoms with Gasteiger partial charge < -0.3 is 15.0 Å². The van der Waals surface area contributed by atoms with Crippen LogP contribution < -0.4 is 14.4 Å². The summed E-state index contributed by atoms with van der Waals surface area (Å²) < 4.78 is 34.5. The number of anilines is 1. The maximum absolute atomic E-state index is 14.3. The Bertz CT molecular complexity index is 1460. The number of benzene rings is 3. The number of carbonyl (C=O) groups excluding carboxylic acids is 2. The van der Waals surface area contributed by atoms with E-state index in [9.17, 15) is 18.0 Å². The van der Waals surface area contributed by atoms with E-state index in [1.807, 2.05) is 50.2 Å². The molecule has 0 saturated heterocycles. The van der Waals surface area contributed by atoms with Crippen LogP contribution >= 0.6 is 0 Å². The lowest BCUT2D eigenvalue weighted by molar-refractivity contribution is -0.140. The van der Waals surface area contributed by atoms with E-state index in [4.69, 9.17) is 4.74 Å². The first-order valence-corrected chi connectivity index (χ1v) is 16.0. The highest BCUT2D eigenvalue weighted by atomic mass is 32.2. The molecule has 9 heteroatoms. The normalized spacial score (nSPS) is 14.5. The van der Waals surface area contributed by atoms with Crippen molar-refractivity contribution in [1.29, 1.82) is 0 Å². The van der Waals surface area contributed by atoms with Crippen LogP contribution in [0.1, 0.15) is 56.6 Å². The lowest BCUT2D eigenvalue weighted by Crippen LogP contribution is -2.54. The fourth-order valence-corrected chi connectivity index (χ4v) is 7.01. The number of sulfonamides is 1. The second-order valence-corrected chi connectivity index (χ2v) is 12.6. The molecule has 3 aromatic carbocycles. The van der Waals surface area contributed by atoms with Gasteiger partial charge in [0.1, 0.15) is 18.3 Å². The summed E-state index contributed by atoms with van der Waals surface area (Å²) in [6, 6.07) is 21.8. The summed E-state index contributed by atoms with van der Waals surface area (Å²) in [7, 11) is -2.53. The molecule has 3 aromatic rings. The first kappa shape index (κ1) is 31.1. The van der Waals surface area contributed by atoms with Gasteiger partial charge >= 0.3 is 0 Å². The van der Waals surface area contributed by atoms with Gasteiger partial charge in [0.2, 0.25) is 11.8 Å². The number of amides is 2. The molecule has 1 N–H and O–H groups in total. The Hall–Kier alpha value is -3.85. The quantitative estimate of drug-likeness (QED) is 0.302. The Morgan fingerprint density at radius 3 is 2.31 bits per heavy atom. The third-order valence-corrected chi connectivity index (χ3v) is 9.59. The van der Waals surface area contributed by atoms with Crippen molar-refractivity contribution in [3.63, 3.8) is 0 Å². The molecule has 1 unspecified atom stereocenters. The molecule has 0 aliphatic heterocycles. The van der Waals surface area contributed by atoms with Crippen molar-refractivity contribution in [2.45, 2.75) is 75.9 Å². The number of nitrogens with one attached hydrogen (secondary N) is 1. The van der Waals surface area contributed by atoms with Gasteiger partial charge in [-0.05, 0) is 67.6 Å². The van der Waals surface area contributed by atoms with Crippen molar-refractivity contribution >= 4 is 27.5 Å². The monoisotopic (exact) mass is 591 g/mol. The number of carbonyl (C=O) groups is 2. The smallest absolute Gasteiger partial charge is 0.264 e. The first-order valence-electron chi connectivity index (χ1n) is 14.6. The Morgan fingerprint density at radius 1 is 0.952 bits per heavy atom. The minimum atomic E-state index is -4.10. The molecule has 0 aromatic heterocycles. The Balaban J connectivity index is 1.71. The van der Waals surface area contributed by atoms with Crippen molar-refractivity contribution in [2.24, 2.45) is 0 Å². The number of nitrogens with zero attached hydrogens (tertiary/aromatic N) is 2. The molecular weight excluding hydrogens is 550 g/mol. The molecule has 1 aliphatic rings. The van der Waals surface area contributed by atoms with Crippen LogP contribution in [0.3, 0.4) is 0 Å². The lowest BCUT2D eigenvalue weighted by Gasteiger charge is -2.34. The van der Waals surface area contributed by atoms with Crippen LogP contribution in [0, 0.1) is 6.92 Å². The molecule has 0 spiro atoms. The average molecular weight is 592 g/mol. The van der Waals surface area contributed by atoms with Crippen LogP contribution in [-0.4, -0.2) is 50.9 Å². The molecule has 1 saturated carbocycles. The highest BCUT2D eigenvalue weighted by Gasteiger charge is 2.34. The second kappa shape index (κ2) is 14.4. The van der Waals surface area contributed by atoms with Crippen LogP contribution in [0.25, 0.3) is 0 Å². The third-order valence-electron chi connectivity index (χ3n) is 7.82. The molecule has 224 valence electrons. The molecule has 0 radical (unpaired) electrons. The van der Waals surface area contributed by atoms with Crippen LogP contribution in [0.5, 0.6) is 5.75 Å². The van der Waals surface area contributed by atoms with E-state index >= 15 is 0 Å². The maximum atomic E-state index is 14.3. The van der Waals surface area contributed by atoms with E-state index in [1.165, 1.54) is 17.0 Å². The molecule has 1 aliphatic carbocycles. The fourth-order valence-electron chi connectivity index (χ4n) is 5.51. The summed E-state index contributed by atoms with van der Waals surface area (Å²) in [6.45, 7) is 3.35. The highest BCUT2D eigenvalue weighted by Crippen LogP contribution is 2.28. The number of rotatable bonds is 12.